The third-order valence-corrected chi connectivity index (χ3v) is 5.51. The molecule has 0 unspecified atom stereocenters. The lowest BCUT2D eigenvalue weighted by Crippen LogP contribution is -2.45. The van der Waals surface area contributed by atoms with Crippen LogP contribution in [-0.2, 0) is 16.1 Å². The van der Waals surface area contributed by atoms with E-state index in [0.29, 0.717) is 0 Å². The number of hydrogen-bond donors (Lipinski definition) is 0. The Hall–Kier alpha value is -3.87. The zero-order valence-electron chi connectivity index (χ0n) is 19.8. The van der Waals surface area contributed by atoms with Gasteiger partial charge >= 0.3 is 12.4 Å². The fraction of sp³-hybridized carbons (Fsp3) is 0.364. The van der Waals surface area contributed by atoms with E-state index < -0.39 is 35.9 Å². The van der Waals surface area contributed by atoms with Crippen LogP contribution in [0.3, 0.4) is 0 Å². The van der Waals surface area contributed by atoms with Gasteiger partial charge in [0.05, 0.1) is 12.5 Å². The summed E-state index contributed by atoms with van der Waals surface area (Å²) in [5, 5.41) is 3.72. The van der Waals surface area contributed by atoms with Crippen molar-refractivity contribution in [3.05, 3.63) is 39.8 Å². The van der Waals surface area contributed by atoms with Gasteiger partial charge in [-0.2, -0.15) is 5.10 Å². The molecule has 0 saturated heterocycles. The number of nitrogens with zero attached hydrogens (tertiary/aromatic N) is 4. The summed E-state index contributed by atoms with van der Waals surface area (Å²) in [6.45, 7) is 4.68. The Kier molecular flexibility index (Phi) is 6.07. The van der Waals surface area contributed by atoms with Crippen LogP contribution < -0.4 is 24.8 Å². The standard InChI is InChI=1S/C22H21ClF2N4O7/c1-21(2,3)29(20(32)33-5)16-9-12-17(34-16)18(23)26-28(19(12)31)10-15(30)27(4)11-6-7-13-14(8-11)36-22(24,25)35-13/h6-9H,10H2,1-5H3. The molecule has 0 fully saturated rings. The molecule has 0 aliphatic carbocycles. The molecule has 1 aromatic carbocycles. The highest BCUT2D eigenvalue weighted by atomic mass is 35.5. The first kappa shape index (κ1) is 25.2. The van der Waals surface area contributed by atoms with Crippen LogP contribution in [0.1, 0.15) is 20.8 Å². The molecule has 3 heterocycles. The Morgan fingerprint density at radius 3 is 2.50 bits per heavy atom. The number of carbonyl (C=O) groups excluding carboxylic acids is 2. The van der Waals surface area contributed by atoms with E-state index in [2.05, 4.69) is 14.6 Å². The summed E-state index contributed by atoms with van der Waals surface area (Å²) in [5.74, 6) is -1.02. The molecule has 3 aromatic rings. The fourth-order valence-corrected chi connectivity index (χ4v) is 3.79. The first-order valence-corrected chi connectivity index (χ1v) is 10.8. The van der Waals surface area contributed by atoms with E-state index in [1.165, 1.54) is 43.3 Å². The van der Waals surface area contributed by atoms with Crippen molar-refractivity contribution in [2.24, 2.45) is 0 Å². The van der Waals surface area contributed by atoms with Gasteiger partial charge in [-0.15, -0.1) is 8.78 Å². The van der Waals surface area contributed by atoms with E-state index >= 15 is 0 Å². The second-order valence-corrected chi connectivity index (χ2v) is 9.17. The maximum absolute atomic E-state index is 13.3. The summed E-state index contributed by atoms with van der Waals surface area (Å²) >= 11 is 6.22. The van der Waals surface area contributed by atoms with Gasteiger partial charge in [0, 0.05) is 30.4 Å². The molecule has 14 heteroatoms. The van der Waals surface area contributed by atoms with Gasteiger partial charge < -0.3 is 23.5 Å². The SMILES string of the molecule is COC(=O)N(c1cc2c(=O)n(CC(=O)N(C)c3ccc4c(c3)OC(F)(F)O4)nc(Cl)c2o1)C(C)(C)C. The number of alkyl halides is 2. The number of aromatic nitrogens is 2. The zero-order chi connectivity index (χ0) is 26.6. The van der Waals surface area contributed by atoms with Crippen LogP contribution in [-0.4, -0.2) is 47.8 Å². The third kappa shape index (κ3) is 4.53. The average molecular weight is 527 g/mol. The lowest BCUT2D eigenvalue weighted by molar-refractivity contribution is -0.286. The Morgan fingerprint density at radius 2 is 1.86 bits per heavy atom. The largest absolute Gasteiger partial charge is 0.586 e. The number of furan rings is 1. The maximum Gasteiger partial charge on any atom is 0.586 e. The van der Waals surface area contributed by atoms with Crippen molar-refractivity contribution in [1.29, 1.82) is 0 Å². The minimum Gasteiger partial charge on any atom is -0.452 e. The van der Waals surface area contributed by atoms with Gasteiger partial charge in [-0.1, -0.05) is 11.6 Å². The molecular formula is C22H21ClF2N4O7. The number of hydrogen-bond acceptors (Lipinski definition) is 8. The predicted molar refractivity (Wildman–Crippen MR) is 124 cm³/mol. The lowest BCUT2D eigenvalue weighted by atomic mass is 10.1. The van der Waals surface area contributed by atoms with E-state index in [1.807, 2.05) is 0 Å². The van der Waals surface area contributed by atoms with Crippen LogP contribution in [0, 0.1) is 0 Å². The molecule has 0 N–H and O–H groups in total. The van der Waals surface area contributed by atoms with Gasteiger partial charge in [0.15, 0.2) is 22.2 Å². The maximum atomic E-state index is 13.3. The van der Waals surface area contributed by atoms with Crippen molar-refractivity contribution in [3.8, 4) is 11.5 Å². The first-order valence-electron chi connectivity index (χ1n) is 10.5. The molecule has 11 nitrogen and oxygen atoms in total. The fourth-order valence-electron chi connectivity index (χ4n) is 3.55. The predicted octanol–water partition coefficient (Wildman–Crippen LogP) is 4.00. The van der Waals surface area contributed by atoms with Crippen LogP contribution in [0.2, 0.25) is 5.15 Å². The van der Waals surface area contributed by atoms with Crippen molar-refractivity contribution in [2.45, 2.75) is 39.1 Å². The van der Waals surface area contributed by atoms with Gasteiger partial charge in [0.1, 0.15) is 6.54 Å². The minimum atomic E-state index is -3.80. The monoisotopic (exact) mass is 526 g/mol. The van der Waals surface area contributed by atoms with Gasteiger partial charge in [-0.3, -0.25) is 9.59 Å². The van der Waals surface area contributed by atoms with Crippen LogP contribution in [0.5, 0.6) is 11.5 Å². The average Bonchev–Trinajstić information content (AvgIpc) is 3.35. The highest BCUT2D eigenvalue weighted by Gasteiger charge is 2.43. The molecular weight excluding hydrogens is 506 g/mol. The number of carbonyl (C=O) groups is 2. The summed E-state index contributed by atoms with van der Waals surface area (Å²) < 4.78 is 46.7. The van der Waals surface area contributed by atoms with Crippen molar-refractivity contribution in [2.75, 3.05) is 24.0 Å². The summed E-state index contributed by atoms with van der Waals surface area (Å²) in [7, 11) is 2.59. The zero-order valence-corrected chi connectivity index (χ0v) is 20.6. The first-order chi connectivity index (χ1) is 16.7. The van der Waals surface area contributed by atoms with Gasteiger partial charge in [-0.05, 0) is 32.9 Å². The highest BCUT2D eigenvalue weighted by Crippen LogP contribution is 2.42. The van der Waals surface area contributed by atoms with E-state index in [1.54, 1.807) is 20.8 Å². The molecule has 36 heavy (non-hydrogen) atoms. The molecule has 0 spiro atoms. The molecule has 1 aliphatic heterocycles. The van der Waals surface area contributed by atoms with Crippen LogP contribution in [0.25, 0.3) is 11.0 Å². The second-order valence-electron chi connectivity index (χ2n) is 8.81. The smallest absolute Gasteiger partial charge is 0.452 e. The molecule has 2 aromatic heterocycles. The van der Waals surface area contributed by atoms with Crippen molar-refractivity contribution in [3.63, 3.8) is 0 Å². The Bertz CT molecular complexity index is 1430. The second kappa shape index (κ2) is 8.66. The summed E-state index contributed by atoms with van der Waals surface area (Å²) in [6, 6.07) is 5.13. The number of halogens is 3. The summed E-state index contributed by atoms with van der Waals surface area (Å²) in [4.78, 5) is 40.6. The molecule has 2 amide bonds. The molecule has 0 saturated carbocycles. The number of methoxy groups -OCH3 is 1. The molecule has 4 rings (SSSR count). The van der Waals surface area contributed by atoms with Crippen LogP contribution in [0.15, 0.2) is 33.5 Å². The quantitative estimate of drug-likeness (QED) is 0.501. The molecule has 0 atom stereocenters. The van der Waals surface area contributed by atoms with Crippen molar-refractivity contribution < 1.29 is 37.0 Å². The third-order valence-electron chi connectivity index (χ3n) is 5.26. The highest BCUT2D eigenvalue weighted by molar-refractivity contribution is 6.33. The number of likely N-dealkylation sites (N-methyl/N-ethyl adjacent to an activating group) is 1. The number of anilines is 2. The number of rotatable bonds is 4. The Balaban J connectivity index is 1.64. The van der Waals surface area contributed by atoms with E-state index in [0.717, 1.165) is 9.58 Å². The summed E-state index contributed by atoms with van der Waals surface area (Å²) in [5.41, 5.74) is -1.32. The molecule has 192 valence electrons. The van der Waals surface area contributed by atoms with E-state index in [9.17, 15) is 23.2 Å². The molecule has 0 radical (unpaired) electrons. The normalized spacial score (nSPS) is 14.1. The number of amides is 2. The Morgan fingerprint density at radius 1 is 1.19 bits per heavy atom. The van der Waals surface area contributed by atoms with Crippen molar-refractivity contribution >= 4 is 46.1 Å². The number of fused-ring (bicyclic) bond motifs is 2. The van der Waals surface area contributed by atoms with Crippen LogP contribution in [0.4, 0.5) is 25.1 Å². The minimum absolute atomic E-state index is 0.00325. The van der Waals surface area contributed by atoms with E-state index in [4.69, 9.17) is 20.8 Å². The van der Waals surface area contributed by atoms with Gasteiger partial charge in [0.2, 0.25) is 11.8 Å². The van der Waals surface area contributed by atoms with Gasteiger partial charge in [0.25, 0.3) is 5.56 Å². The molecule has 1 aliphatic rings. The topological polar surface area (TPSA) is 116 Å². The van der Waals surface area contributed by atoms with E-state index in [-0.39, 0.29) is 39.2 Å². The number of ether oxygens (including phenoxy) is 3. The Labute approximate surface area is 207 Å². The lowest BCUT2D eigenvalue weighted by Gasteiger charge is -2.31. The summed E-state index contributed by atoms with van der Waals surface area (Å²) in [6.07, 6.45) is -4.52. The van der Waals surface area contributed by atoms with Gasteiger partial charge in [-0.25, -0.2) is 14.4 Å². The van der Waals surface area contributed by atoms with Crippen LogP contribution >= 0.6 is 11.6 Å². The number of benzene rings is 1. The molecule has 0 bridgehead atoms. The van der Waals surface area contributed by atoms with Crippen molar-refractivity contribution in [1.82, 2.24) is 9.78 Å².